The van der Waals surface area contributed by atoms with Gasteiger partial charge in [0.25, 0.3) is 11.8 Å². The quantitative estimate of drug-likeness (QED) is 0.0330. The number of ether oxygens (including phenoxy) is 7. The number of hydrogen-bond acceptors (Lipinski definition) is 16. The van der Waals surface area contributed by atoms with E-state index in [1.165, 1.54) is 17.2 Å². The second kappa shape index (κ2) is 40.9. The van der Waals surface area contributed by atoms with Gasteiger partial charge in [-0.25, -0.2) is 4.79 Å². The van der Waals surface area contributed by atoms with Crippen LogP contribution in [0.25, 0.3) is 11.1 Å². The summed E-state index contributed by atoms with van der Waals surface area (Å²) in [5.74, 6) is 3.02. The van der Waals surface area contributed by atoms with Crippen LogP contribution in [0.3, 0.4) is 0 Å². The van der Waals surface area contributed by atoms with Crippen LogP contribution in [0, 0.1) is 0 Å². The van der Waals surface area contributed by atoms with E-state index in [-0.39, 0.29) is 52.7 Å². The fourth-order valence-electron chi connectivity index (χ4n) is 12.9. The molecule has 0 aromatic heterocycles. The Balaban J connectivity index is 0.000000168. The van der Waals surface area contributed by atoms with Gasteiger partial charge in [0.1, 0.15) is 104 Å². The van der Waals surface area contributed by atoms with Crippen molar-refractivity contribution in [2.45, 2.75) is 99.3 Å². The average Bonchev–Trinajstić information content (AvgIpc) is 1.62. The number of amides is 2. The van der Waals surface area contributed by atoms with Crippen LogP contribution in [-0.2, 0) is 65.7 Å². The highest BCUT2D eigenvalue weighted by atomic mass is 16.5. The lowest BCUT2D eigenvalue weighted by Gasteiger charge is -2.21. The summed E-state index contributed by atoms with van der Waals surface area (Å²) in [5, 5.41) is 33.2. The zero-order valence-corrected chi connectivity index (χ0v) is 66.7. The summed E-state index contributed by atoms with van der Waals surface area (Å²) in [6, 6.07) is 67.2. The number of phenolic OH excluding ortho intramolecular Hbond substituents is 2. The standard InChI is InChI=1S/C36H38N2O4.C24H22O4.C22H28N2O4.C12H18N2O/c1-26(2)30-20-31(36(39)38-22-29-16-11-17-33(32(29)23-38)40-19-18-37(3)4)35(42-25-28-14-9-6-10-15-28)21-34(30)41-24-27-12-7-5-8-13-27;1-17(2)20-13-21(24(25)26)23(28-16-19-11-7-4-8-12-19)14-22(20)27-15-18-9-5-3-6-10-18;1-14(2)16-10-17(20(26)11-19(16)25)22(27)24-12-15-6-5-7-21(18(15)13-24)28-9-8-23(3)4;1-14(2)6-7-15-12-5-3-4-10-8-13-9-11(10)12/h5-17,20-21H,1,18-19,22-25H2,2-4H3;3-14H,1,15-16H2,2H3,(H,25,26);5-7,10-11,14,25-26H,8-9,12-13H2,1-4H3;3-5,13H,6-9H2,1-2H3. The Labute approximate surface area is 665 Å². The number of carbonyl (C=O) groups excluding carboxylic acids is 2. The van der Waals surface area contributed by atoms with E-state index in [0.29, 0.717) is 93.2 Å². The minimum atomic E-state index is -1.06. The van der Waals surface area contributed by atoms with Crippen LogP contribution in [-0.4, -0.2) is 139 Å². The number of rotatable bonds is 30. The molecule has 19 heteroatoms. The Bertz CT molecular complexity index is 4780. The lowest BCUT2D eigenvalue weighted by Crippen LogP contribution is -2.26. The van der Waals surface area contributed by atoms with Crippen molar-refractivity contribution in [3.05, 3.63) is 314 Å². The average molecular weight is 1530 g/mol. The Morgan fingerprint density at radius 3 is 1.12 bits per heavy atom. The lowest BCUT2D eigenvalue weighted by atomic mass is 9.98. The third-order valence-electron chi connectivity index (χ3n) is 19.2. The fourth-order valence-corrected chi connectivity index (χ4v) is 12.9. The number of phenols is 2. The van der Waals surface area contributed by atoms with Gasteiger partial charge in [-0.15, -0.1) is 0 Å². The molecule has 0 spiro atoms. The fraction of sp³-hybridized carbons (Fsp3) is 0.287. The third-order valence-corrected chi connectivity index (χ3v) is 19.2. The minimum Gasteiger partial charge on any atom is -0.508 e. The summed E-state index contributed by atoms with van der Waals surface area (Å²) >= 11 is 0. The number of carboxylic acid groups (broad SMARTS) is 1. The number of benzene rings is 10. The second-order valence-electron chi connectivity index (χ2n) is 29.3. The van der Waals surface area contributed by atoms with Gasteiger partial charge in [-0.3, -0.25) is 9.59 Å². The lowest BCUT2D eigenvalue weighted by molar-refractivity contribution is 0.0689. The number of likely N-dealkylation sites (N-methyl/N-ethyl adjacent to an activating group) is 3. The van der Waals surface area contributed by atoms with Gasteiger partial charge in [-0.1, -0.05) is 185 Å². The summed E-state index contributed by atoms with van der Waals surface area (Å²) in [6.07, 6.45) is 0. The molecule has 3 aliphatic rings. The number of allylic oxidation sites excluding steroid dienone is 2. The topological polar surface area (TPSA) is 205 Å². The molecule has 113 heavy (non-hydrogen) atoms. The van der Waals surface area contributed by atoms with Gasteiger partial charge in [-0.05, 0) is 154 Å². The van der Waals surface area contributed by atoms with E-state index in [2.05, 4.69) is 71.5 Å². The number of nitrogens with zero attached hydrogens (tertiary/aromatic N) is 5. The zero-order chi connectivity index (χ0) is 80.5. The molecule has 0 unspecified atom stereocenters. The third kappa shape index (κ3) is 23.6. The molecule has 0 bridgehead atoms. The van der Waals surface area contributed by atoms with E-state index in [1.54, 1.807) is 23.1 Å². The number of fused-ring (bicyclic) bond motifs is 3. The van der Waals surface area contributed by atoms with E-state index in [1.807, 2.05) is 225 Å². The summed E-state index contributed by atoms with van der Waals surface area (Å²) in [6.45, 7) is 25.4. The van der Waals surface area contributed by atoms with Gasteiger partial charge < -0.3 is 78.3 Å². The maximum absolute atomic E-state index is 14.2. The van der Waals surface area contributed by atoms with E-state index in [0.717, 1.165) is 118 Å². The molecule has 0 aliphatic carbocycles. The summed E-state index contributed by atoms with van der Waals surface area (Å²) in [4.78, 5) is 48.8. The monoisotopic (exact) mass is 1530 g/mol. The minimum absolute atomic E-state index is 0.00494. The van der Waals surface area contributed by atoms with Crippen LogP contribution in [0.5, 0.6) is 51.7 Å². The molecular formula is C94H106N6O13. The van der Waals surface area contributed by atoms with Crippen LogP contribution in [0.1, 0.15) is 137 Å². The Morgan fingerprint density at radius 1 is 0.389 bits per heavy atom. The van der Waals surface area contributed by atoms with E-state index < -0.39 is 5.97 Å². The number of aromatic carboxylic acids is 1. The molecule has 2 amide bonds. The highest BCUT2D eigenvalue weighted by Crippen LogP contribution is 2.41. The maximum Gasteiger partial charge on any atom is 0.339 e. The Kier molecular flexibility index (Phi) is 30.2. The molecule has 3 heterocycles. The summed E-state index contributed by atoms with van der Waals surface area (Å²) in [7, 11) is 12.1. The van der Waals surface area contributed by atoms with Crippen molar-refractivity contribution in [2.75, 3.05) is 81.7 Å². The van der Waals surface area contributed by atoms with Gasteiger partial charge in [0.05, 0.1) is 24.2 Å². The second-order valence-corrected chi connectivity index (χ2v) is 29.3. The van der Waals surface area contributed by atoms with Gasteiger partial charge in [0.2, 0.25) is 0 Å². The normalized spacial score (nSPS) is 12.3. The summed E-state index contributed by atoms with van der Waals surface area (Å²) in [5.41, 5.74) is 15.3. The number of aromatic hydroxyl groups is 2. The number of carboxylic acids is 1. The molecule has 0 radical (unpaired) electrons. The molecule has 0 saturated carbocycles. The molecule has 4 N–H and O–H groups in total. The van der Waals surface area contributed by atoms with Crippen molar-refractivity contribution < 1.29 is 62.9 Å². The first-order valence-corrected chi connectivity index (χ1v) is 38.1. The van der Waals surface area contributed by atoms with Gasteiger partial charge in [0, 0.05) is 91.8 Å². The molecule has 19 nitrogen and oxygen atoms in total. The van der Waals surface area contributed by atoms with Gasteiger partial charge in [-0.2, -0.15) is 0 Å². The molecule has 0 saturated heterocycles. The number of carbonyl (C=O) groups is 3. The molecule has 13 rings (SSSR count). The number of nitrogens with one attached hydrogen (secondary N) is 1. The van der Waals surface area contributed by atoms with Crippen molar-refractivity contribution >= 4 is 28.9 Å². The van der Waals surface area contributed by atoms with E-state index >= 15 is 0 Å². The van der Waals surface area contributed by atoms with Crippen molar-refractivity contribution in [1.29, 1.82) is 0 Å². The first-order chi connectivity index (χ1) is 54.5. The van der Waals surface area contributed by atoms with E-state index in [4.69, 9.17) is 33.2 Å². The SMILES string of the molecule is C=C(C)c1cc(C(=O)N2Cc3cccc(OCCN(C)C)c3C2)c(OCc2ccccc2)cc1OCc1ccccc1.C=C(C)c1cc(C(=O)O)c(OCc2ccccc2)cc1OCc1ccccc1.CC(C)c1cc(C(=O)N2Cc3cccc(OCCN(C)C)c3C2)c(O)cc1O.CN(C)CCOc1cccc2c1CNC2. The van der Waals surface area contributed by atoms with Crippen LogP contribution in [0.4, 0.5) is 0 Å². The predicted octanol–water partition coefficient (Wildman–Crippen LogP) is 17.1. The molecule has 0 fully saturated rings. The van der Waals surface area contributed by atoms with Crippen molar-refractivity contribution in [3.8, 4) is 51.7 Å². The van der Waals surface area contributed by atoms with Gasteiger partial charge >= 0.3 is 5.97 Å². The molecule has 590 valence electrons. The first-order valence-electron chi connectivity index (χ1n) is 38.1. The Hall–Kier alpha value is -11.9. The smallest absolute Gasteiger partial charge is 0.339 e. The molecular weight excluding hydrogens is 1420 g/mol. The van der Waals surface area contributed by atoms with Crippen LogP contribution in [0.2, 0.25) is 0 Å². The Morgan fingerprint density at radius 2 is 0.743 bits per heavy atom. The van der Waals surface area contributed by atoms with E-state index in [9.17, 15) is 29.7 Å². The van der Waals surface area contributed by atoms with Crippen molar-refractivity contribution in [1.82, 2.24) is 29.8 Å². The largest absolute Gasteiger partial charge is 0.508 e. The van der Waals surface area contributed by atoms with Crippen molar-refractivity contribution in [3.63, 3.8) is 0 Å². The van der Waals surface area contributed by atoms with Crippen LogP contribution in [0.15, 0.2) is 225 Å². The molecule has 3 aliphatic heterocycles. The van der Waals surface area contributed by atoms with Gasteiger partial charge in [0.15, 0.2) is 0 Å². The zero-order valence-electron chi connectivity index (χ0n) is 66.7. The molecule has 10 aromatic carbocycles. The van der Waals surface area contributed by atoms with Crippen LogP contribution >= 0.6 is 0 Å². The highest BCUT2D eigenvalue weighted by molar-refractivity contribution is 5.99. The first kappa shape index (κ1) is 83.6. The summed E-state index contributed by atoms with van der Waals surface area (Å²) < 4.78 is 42.2. The molecule has 10 aromatic rings. The predicted molar refractivity (Wildman–Crippen MR) is 445 cm³/mol. The number of hydrogen-bond donors (Lipinski definition) is 4. The highest BCUT2D eigenvalue weighted by Gasteiger charge is 2.32. The molecule has 0 atom stereocenters. The van der Waals surface area contributed by atoms with Crippen molar-refractivity contribution in [2.24, 2.45) is 0 Å². The van der Waals surface area contributed by atoms with Crippen LogP contribution < -0.4 is 38.5 Å². The maximum atomic E-state index is 14.2.